The second kappa shape index (κ2) is 26.0. The molecule has 0 aromatic heterocycles. The van der Waals surface area contributed by atoms with Crippen molar-refractivity contribution in [1.82, 2.24) is 0 Å². The topological polar surface area (TPSA) is 98.8 Å². The Balaban J connectivity index is 3.13. The van der Waals surface area contributed by atoms with Gasteiger partial charge < -0.3 is 33.2 Å². The van der Waals surface area contributed by atoms with Gasteiger partial charge in [0, 0.05) is 6.42 Å². The minimum Gasteiger partial charge on any atom is -0.469 e. The van der Waals surface area contributed by atoms with E-state index in [1.54, 1.807) is 0 Å². The predicted octanol–water partition coefficient (Wildman–Crippen LogP) is 2.93. The molecule has 0 fully saturated rings. The van der Waals surface area contributed by atoms with Gasteiger partial charge in [0.1, 0.15) is 6.61 Å². The molecule has 0 amide bonds. The van der Waals surface area contributed by atoms with Crippen molar-refractivity contribution in [2.45, 2.75) is 58.3 Å². The van der Waals surface area contributed by atoms with Gasteiger partial charge in [-0.1, -0.05) is 39.0 Å². The van der Waals surface area contributed by atoms with Crippen LogP contribution in [0.25, 0.3) is 0 Å². The van der Waals surface area contributed by atoms with Crippen molar-refractivity contribution >= 4 is 11.9 Å². The first kappa shape index (κ1) is 30.7. The van der Waals surface area contributed by atoms with E-state index in [1.807, 2.05) is 0 Å². The fourth-order valence-electron chi connectivity index (χ4n) is 2.58. The van der Waals surface area contributed by atoms with Crippen molar-refractivity contribution in [2.75, 3.05) is 79.8 Å². The number of esters is 2. The molecule has 9 heteroatoms. The molecule has 32 heavy (non-hydrogen) atoms. The molecule has 0 bridgehead atoms. The lowest BCUT2D eigenvalue weighted by atomic mass is 10.1. The molecule has 0 aromatic rings. The summed E-state index contributed by atoms with van der Waals surface area (Å²) in [6, 6.07) is 0. The summed E-state index contributed by atoms with van der Waals surface area (Å²) in [5.41, 5.74) is 0. The van der Waals surface area contributed by atoms with E-state index in [2.05, 4.69) is 11.7 Å². The normalized spacial score (nSPS) is 10.9. The number of unbranched alkanes of at least 4 members (excludes halogenated alkanes) is 5. The van der Waals surface area contributed by atoms with Gasteiger partial charge in [0.05, 0.1) is 79.6 Å². The standard InChI is InChI=1S/C23H44O9/c1-3-4-5-6-7-8-9-23(25)32-21-20-31-19-18-30-17-16-29-15-14-28-13-12-27-11-10-22(24)26-2/h3-21H2,1-2H3. The molecule has 0 aromatic carbocycles. The van der Waals surface area contributed by atoms with Gasteiger partial charge in [-0.05, 0) is 6.42 Å². The molecule has 0 atom stereocenters. The number of carbonyl (C=O) groups is 2. The van der Waals surface area contributed by atoms with Crippen LogP contribution in [0, 0.1) is 0 Å². The Bertz CT molecular complexity index is 418. The highest BCUT2D eigenvalue weighted by Crippen LogP contribution is 2.07. The third kappa shape index (κ3) is 25.0. The predicted molar refractivity (Wildman–Crippen MR) is 120 cm³/mol. The fraction of sp³-hybridized carbons (Fsp3) is 0.913. The van der Waals surface area contributed by atoms with Crippen LogP contribution in [0.3, 0.4) is 0 Å². The molecule has 0 aliphatic rings. The molecular weight excluding hydrogens is 420 g/mol. The minimum absolute atomic E-state index is 0.146. The van der Waals surface area contributed by atoms with Crippen LogP contribution in [0.5, 0.6) is 0 Å². The van der Waals surface area contributed by atoms with E-state index < -0.39 is 0 Å². The molecule has 0 aliphatic carbocycles. The quantitative estimate of drug-likeness (QED) is 0.149. The van der Waals surface area contributed by atoms with Crippen LogP contribution in [0.1, 0.15) is 58.3 Å². The highest BCUT2D eigenvalue weighted by Gasteiger charge is 2.02. The summed E-state index contributed by atoms with van der Waals surface area (Å²) in [5, 5.41) is 0. The average Bonchev–Trinajstić information content (AvgIpc) is 2.80. The molecule has 0 saturated carbocycles. The second-order valence-corrected chi connectivity index (χ2v) is 7.13. The number of hydrogen-bond donors (Lipinski definition) is 0. The van der Waals surface area contributed by atoms with Crippen LogP contribution in [0.4, 0.5) is 0 Å². The molecule has 0 heterocycles. The summed E-state index contributed by atoms with van der Waals surface area (Å²) in [5.74, 6) is -0.430. The van der Waals surface area contributed by atoms with Crippen molar-refractivity contribution in [1.29, 1.82) is 0 Å². The molecular formula is C23H44O9. The Labute approximate surface area is 193 Å². The van der Waals surface area contributed by atoms with Gasteiger partial charge in [0.15, 0.2) is 0 Å². The van der Waals surface area contributed by atoms with Crippen LogP contribution < -0.4 is 0 Å². The molecule has 0 radical (unpaired) electrons. The number of rotatable bonds is 25. The number of ether oxygens (including phenoxy) is 7. The minimum atomic E-state index is -0.285. The van der Waals surface area contributed by atoms with Gasteiger partial charge in [-0.2, -0.15) is 0 Å². The van der Waals surface area contributed by atoms with Gasteiger partial charge in [-0.25, -0.2) is 0 Å². The monoisotopic (exact) mass is 464 g/mol. The lowest BCUT2D eigenvalue weighted by Gasteiger charge is -2.08. The van der Waals surface area contributed by atoms with Gasteiger partial charge >= 0.3 is 11.9 Å². The molecule has 0 spiro atoms. The molecule has 0 aliphatic heterocycles. The van der Waals surface area contributed by atoms with E-state index in [0.717, 1.165) is 12.8 Å². The van der Waals surface area contributed by atoms with Crippen LogP contribution in [0.15, 0.2) is 0 Å². The van der Waals surface area contributed by atoms with E-state index in [9.17, 15) is 9.59 Å². The van der Waals surface area contributed by atoms with Crippen molar-refractivity contribution in [3.05, 3.63) is 0 Å². The van der Waals surface area contributed by atoms with Crippen LogP contribution >= 0.6 is 0 Å². The molecule has 0 unspecified atom stereocenters. The van der Waals surface area contributed by atoms with E-state index in [-0.39, 0.29) is 25.0 Å². The summed E-state index contributed by atoms with van der Waals surface area (Å²) in [4.78, 5) is 22.4. The van der Waals surface area contributed by atoms with Crippen LogP contribution in [-0.4, -0.2) is 91.7 Å². The maximum absolute atomic E-state index is 11.6. The highest BCUT2D eigenvalue weighted by molar-refractivity contribution is 5.69. The Hall–Kier alpha value is -1.26. The van der Waals surface area contributed by atoms with E-state index in [1.165, 1.54) is 32.8 Å². The zero-order valence-electron chi connectivity index (χ0n) is 20.1. The highest BCUT2D eigenvalue weighted by atomic mass is 16.6. The van der Waals surface area contributed by atoms with E-state index >= 15 is 0 Å². The maximum Gasteiger partial charge on any atom is 0.307 e. The molecule has 0 saturated heterocycles. The van der Waals surface area contributed by atoms with Gasteiger partial charge in [0.25, 0.3) is 0 Å². The molecule has 9 nitrogen and oxygen atoms in total. The van der Waals surface area contributed by atoms with Crippen molar-refractivity contribution < 1.29 is 42.7 Å². The van der Waals surface area contributed by atoms with E-state index in [4.69, 9.17) is 28.4 Å². The van der Waals surface area contributed by atoms with Crippen LogP contribution in [0.2, 0.25) is 0 Å². The largest absolute Gasteiger partial charge is 0.469 e. The Morgan fingerprint density at radius 3 is 1.44 bits per heavy atom. The Morgan fingerprint density at radius 2 is 0.938 bits per heavy atom. The smallest absolute Gasteiger partial charge is 0.307 e. The third-order valence-electron chi connectivity index (χ3n) is 4.39. The first-order valence-electron chi connectivity index (χ1n) is 11.8. The Kier molecular flexibility index (Phi) is 25.0. The molecule has 190 valence electrons. The third-order valence-corrected chi connectivity index (χ3v) is 4.39. The summed E-state index contributed by atoms with van der Waals surface area (Å²) in [7, 11) is 1.35. The maximum atomic E-state index is 11.6. The number of carbonyl (C=O) groups excluding carboxylic acids is 2. The number of hydrogen-bond acceptors (Lipinski definition) is 9. The van der Waals surface area contributed by atoms with Gasteiger partial charge in [-0.3, -0.25) is 9.59 Å². The van der Waals surface area contributed by atoms with Crippen LogP contribution in [-0.2, 0) is 42.7 Å². The fourth-order valence-corrected chi connectivity index (χ4v) is 2.58. The van der Waals surface area contributed by atoms with Gasteiger partial charge in [-0.15, -0.1) is 0 Å². The summed E-state index contributed by atoms with van der Waals surface area (Å²) >= 11 is 0. The zero-order valence-corrected chi connectivity index (χ0v) is 20.1. The first-order valence-corrected chi connectivity index (χ1v) is 11.8. The molecule has 0 rings (SSSR count). The van der Waals surface area contributed by atoms with E-state index in [0.29, 0.717) is 72.5 Å². The Morgan fingerprint density at radius 1 is 0.500 bits per heavy atom. The van der Waals surface area contributed by atoms with Gasteiger partial charge in [0.2, 0.25) is 0 Å². The average molecular weight is 465 g/mol. The zero-order chi connectivity index (χ0) is 23.5. The summed E-state index contributed by atoms with van der Waals surface area (Å²) in [6.07, 6.45) is 7.68. The van der Waals surface area contributed by atoms with Crippen molar-refractivity contribution in [3.8, 4) is 0 Å². The first-order chi connectivity index (χ1) is 15.7. The number of methoxy groups -OCH3 is 1. The van der Waals surface area contributed by atoms with Crippen molar-refractivity contribution in [3.63, 3.8) is 0 Å². The summed E-state index contributed by atoms with van der Waals surface area (Å²) in [6.45, 7) is 6.90. The second-order valence-electron chi connectivity index (χ2n) is 7.13. The lowest BCUT2D eigenvalue weighted by molar-refractivity contribution is -0.145. The summed E-state index contributed by atoms with van der Waals surface area (Å²) < 4.78 is 36.4. The lowest BCUT2D eigenvalue weighted by Crippen LogP contribution is -2.15. The SMILES string of the molecule is CCCCCCCCC(=O)OCCOCCOCCOCCOCCOCCC(=O)OC. The van der Waals surface area contributed by atoms with Crippen molar-refractivity contribution in [2.24, 2.45) is 0 Å². The molecule has 0 N–H and O–H groups in total.